The SMILES string of the molecule is CCNC(C)(CCCOc1c(C)cc(C)cc1C)C(N)=O. The van der Waals surface area contributed by atoms with Gasteiger partial charge in [-0.25, -0.2) is 0 Å². The number of hydrogen-bond acceptors (Lipinski definition) is 3. The van der Waals surface area contributed by atoms with Crippen LogP contribution >= 0.6 is 0 Å². The second-order valence-electron chi connectivity index (χ2n) is 5.91. The van der Waals surface area contributed by atoms with Crippen molar-refractivity contribution in [3.05, 3.63) is 28.8 Å². The summed E-state index contributed by atoms with van der Waals surface area (Å²) in [5.41, 5.74) is 8.36. The molecule has 1 rings (SSSR count). The van der Waals surface area contributed by atoms with Gasteiger partial charge in [0.05, 0.1) is 12.1 Å². The highest BCUT2D eigenvalue weighted by molar-refractivity contribution is 5.84. The number of rotatable bonds is 8. The van der Waals surface area contributed by atoms with Gasteiger partial charge in [-0.05, 0) is 58.2 Å². The molecule has 0 fully saturated rings. The van der Waals surface area contributed by atoms with E-state index in [0.29, 0.717) is 13.0 Å². The third kappa shape index (κ3) is 4.74. The highest BCUT2D eigenvalue weighted by atomic mass is 16.5. The number of amides is 1. The van der Waals surface area contributed by atoms with Crippen LogP contribution in [0.4, 0.5) is 0 Å². The van der Waals surface area contributed by atoms with Crippen molar-refractivity contribution in [1.82, 2.24) is 5.32 Å². The molecule has 1 atom stereocenters. The number of primary amides is 1. The summed E-state index contributed by atoms with van der Waals surface area (Å²) in [6.07, 6.45) is 1.44. The molecule has 0 radical (unpaired) electrons. The van der Waals surface area contributed by atoms with Gasteiger partial charge in [-0.2, -0.15) is 0 Å². The number of carbonyl (C=O) groups excluding carboxylic acids is 1. The molecule has 0 saturated heterocycles. The summed E-state index contributed by atoms with van der Waals surface area (Å²) in [7, 11) is 0. The summed E-state index contributed by atoms with van der Waals surface area (Å²) in [5, 5.41) is 3.16. The van der Waals surface area contributed by atoms with E-state index in [-0.39, 0.29) is 5.91 Å². The minimum absolute atomic E-state index is 0.313. The van der Waals surface area contributed by atoms with Gasteiger partial charge >= 0.3 is 0 Å². The molecular weight excluding hydrogens is 264 g/mol. The standard InChI is InChI=1S/C17H28N2O2/c1-6-19-17(5,16(18)20)8-7-9-21-15-13(3)10-12(2)11-14(15)4/h10-11,19H,6-9H2,1-5H3,(H2,18,20). The molecule has 0 aliphatic carbocycles. The van der Waals surface area contributed by atoms with E-state index in [0.717, 1.165) is 29.8 Å². The summed E-state index contributed by atoms with van der Waals surface area (Å²) < 4.78 is 5.90. The van der Waals surface area contributed by atoms with Crippen LogP contribution in [0.5, 0.6) is 5.75 Å². The number of ether oxygens (including phenoxy) is 1. The quantitative estimate of drug-likeness (QED) is 0.724. The molecule has 4 heteroatoms. The number of hydrogen-bond donors (Lipinski definition) is 2. The maximum Gasteiger partial charge on any atom is 0.237 e. The van der Waals surface area contributed by atoms with Crippen molar-refractivity contribution in [2.24, 2.45) is 5.73 Å². The van der Waals surface area contributed by atoms with Crippen LogP contribution < -0.4 is 15.8 Å². The number of aryl methyl sites for hydroxylation is 3. The lowest BCUT2D eigenvalue weighted by Crippen LogP contribution is -2.53. The van der Waals surface area contributed by atoms with Crippen molar-refractivity contribution in [3.63, 3.8) is 0 Å². The molecule has 1 aromatic carbocycles. The van der Waals surface area contributed by atoms with Gasteiger partial charge in [0, 0.05) is 0 Å². The van der Waals surface area contributed by atoms with Crippen LogP contribution in [0.15, 0.2) is 12.1 Å². The van der Waals surface area contributed by atoms with E-state index in [4.69, 9.17) is 10.5 Å². The van der Waals surface area contributed by atoms with E-state index < -0.39 is 5.54 Å². The normalized spacial score (nSPS) is 13.8. The first-order valence-electron chi connectivity index (χ1n) is 7.55. The van der Waals surface area contributed by atoms with Crippen molar-refractivity contribution >= 4 is 5.91 Å². The Bertz CT molecular complexity index is 477. The molecule has 1 amide bonds. The molecule has 0 spiro atoms. The fourth-order valence-electron chi connectivity index (χ4n) is 2.68. The predicted molar refractivity (Wildman–Crippen MR) is 86.7 cm³/mol. The molecule has 1 unspecified atom stereocenters. The van der Waals surface area contributed by atoms with Crippen molar-refractivity contribution in [3.8, 4) is 5.75 Å². The molecule has 0 heterocycles. The third-order valence-electron chi connectivity index (χ3n) is 3.78. The molecule has 0 aliphatic rings. The number of nitrogens with two attached hydrogens (primary N) is 1. The van der Waals surface area contributed by atoms with Crippen molar-refractivity contribution < 1.29 is 9.53 Å². The van der Waals surface area contributed by atoms with Crippen molar-refractivity contribution in [1.29, 1.82) is 0 Å². The Morgan fingerprint density at radius 1 is 1.29 bits per heavy atom. The Balaban J connectivity index is 2.56. The van der Waals surface area contributed by atoms with Crippen molar-refractivity contribution in [2.45, 2.75) is 53.0 Å². The highest BCUT2D eigenvalue weighted by Gasteiger charge is 2.29. The lowest BCUT2D eigenvalue weighted by molar-refractivity contribution is -0.124. The first-order valence-corrected chi connectivity index (χ1v) is 7.55. The van der Waals surface area contributed by atoms with Gasteiger partial charge in [-0.1, -0.05) is 24.6 Å². The summed E-state index contributed by atoms with van der Waals surface area (Å²) in [6, 6.07) is 4.24. The van der Waals surface area contributed by atoms with Crippen molar-refractivity contribution in [2.75, 3.05) is 13.2 Å². The fourth-order valence-corrected chi connectivity index (χ4v) is 2.68. The summed E-state index contributed by atoms with van der Waals surface area (Å²) >= 11 is 0. The lowest BCUT2D eigenvalue weighted by Gasteiger charge is -2.27. The van der Waals surface area contributed by atoms with Crippen LogP contribution in [-0.2, 0) is 4.79 Å². The maximum atomic E-state index is 11.5. The van der Waals surface area contributed by atoms with Crippen LogP contribution in [0.3, 0.4) is 0 Å². The van der Waals surface area contributed by atoms with Gasteiger partial charge in [0.25, 0.3) is 0 Å². The zero-order valence-corrected chi connectivity index (χ0v) is 13.9. The van der Waals surface area contributed by atoms with Gasteiger partial charge in [0.1, 0.15) is 5.75 Å². The van der Waals surface area contributed by atoms with E-state index in [1.807, 2.05) is 13.8 Å². The van der Waals surface area contributed by atoms with Gasteiger partial charge < -0.3 is 15.8 Å². The number of nitrogens with one attached hydrogen (secondary N) is 1. The maximum absolute atomic E-state index is 11.5. The molecule has 0 saturated carbocycles. The number of likely N-dealkylation sites (N-methyl/N-ethyl adjacent to an activating group) is 1. The Hall–Kier alpha value is -1.55. The van der Waals surface area contributed by atoms with Gasteiger partial charge in [-0.3, -0.25) is 4.79 Å². The van der Waals surface area contributed by atoms with E-state index in [2.05, 4.69) is 38.2 Å². The minimum Gasteiger partial charge on any atom is -0.493 e. The second-order valence-corrected chi connectivity index (χ2v) is 5.91. The average molecular weight is 292 g/mol. The minimum atomic E-state index is -0.657. The highest BCUT2D eigenvalue weighted by Crippen LogP contribution is 2.25. The van der Waals surface area contributed by atoms with E-state index in [9.17, 15) is 4.79 Å². The van der Waals surface area contributed by atoms with Crippen LogP contribution in [-0.4, -0.2) is 24.6 Å². The predicted octanol–water partition coefficient (Wildman–Crippen LogP) is 2.62. The summed E-state index contributed by atoms with van der Waals surface area (Å²) in [4.78, 5) is 11.5. The molecule has 118 valence electrons. The zero-order valence-electron chi connectivity index (χ0n) is 13.9. The van der Waals surface area contributed by atoms with Gasteiger partial charge in [-0.15, -0.1) is 0 Å². The molecule has 21 heavy (non-hydrogen) atoms. The molecule has 1 aromatic rings. The summed E-state index contributed by atoms with van der Waals surface area (Å²) in [6.45, 7) is 11.3. The van der Waals surface area contributed by atoms with Crippen LogP contribution in [0.2, 0.25) is 0 Å². The van der Waals surface area contributed by atoms with Crippen LogP contribution in [0, 0.1) is 20.8 Å². The molecular formula is C17H28N2O2. The monoisotopic (exact) mass is 292 g/mol. The van der Waals surface area contributed by atoms with E-state index in [1.54, 1.807) is 0 Å². The van der Waals surface area contributed by atoms with E-state index in [1.165, 1.54) is 5.56 Å². The average Bonchev–Trinajstić information content (AvgIpc) is 2.36. The molecule has 0 aromatic heterocycles. The number of benzene rings is 1. The third-order valence-corrected chi connectivity index (χ3v) is 3.78. The van der Waals surface area contributed by atoms with E-state index >= 15 is 0 Å². The molecule has 0 bridgehead atoms. The number of carbonyl (C=O) groups is 1. The van der Waals surface area contributed by atoms with Crippen LogP contribution in [0.25, 0.3) is 0 Å². The fraction of sp³-hybridized carbons (Fsp3) is 0.588. The first-order chi connectivity index (χ1) is 9.80. The Kier molecular flexibility index (Phi) is 6.21. The Labute approximate surface area is 128 Å². The molecule has 0 aliphatic heterocycles. The molecule has 4 nitrogen and oxygen atoms in total. The first kappa shape index (κ1) is 17.5. The Morgan fingerprint density at radius 2 is 1.86 bits per heavy atom. The van der Waals surface area contributed by atoms with Gasteiger partial charge in [0.2, 0.25) is 5.91 Å². The summed E-state index contributed by atoms with van der Waals surface area (Å²) in [5.74, 6) is 0.636. The smallest absolute Gasteiger partial charge is 0.237 e. The largest absolute Gasteiger partial charge is 0.493 e. The topological polar surface area (TPSA) is 64.3 Å². The molecule has 3 N–H and O–H groups in total. The zero-order chi connectivity index (χ0) is 16.0. The van der Waals surface area contributed by atoms with Gasteiger partial charge in [0.15, 0.2) is 0 Å². The second kappa shape index (κ2) is 7.46. The van der Waals surface area contributed by atoms with Crippen LogP contribution in [0.1, 0.15) is 43.4 Å². The Morgan fingerprint density at radius 3 is 2.33 bits per heavy atom. The lowest BCUT2D eigenvalue weighted by atomic mass is 9.95.